The number of carboxylic acids is 4. The minimum atomic E-state index is -5.06. The summed E-state index contributed by atoms with van der Waals surface area (Å²) >= 11 is 1.16. The Morgan fingerprint density at radius 2 is 1.58 bits per heavy atom. The summed E-state index contributed by atoms with van der Waals surface area (Å²) in [6.45, 7) is -0.899. The van der Waals surface area contributed by atoms with Crippen molar-refractivity contribution >= 4 is 72.6 Å². The van der Waals surface area contributed by atoms with Gasteiger partial charge in [-0.1, -0.05) is 35.4 Å². The summed E-state index contributed by atoms with van der Waals surface area (Å²) in [6.07, 6.45) is 3.11. The molecule has 25 heteroatoms. The molecule has 5 atom stereocenters. The van der Waals surface area contributed by atoms with Crippen LogP contribution in [0.1, 0.15) is 62.6 Å². The first kappa shape index (κ1) is 50.1. The van der Waals surface area contributed by atoms with Crippen LogP contribution in [0.2, 0.25) is 0 Å². The summed E-state index contributed by atoms with van der Waals surface area (Å²) in [5, 5.41) is 60.7. The van der Waals surface area contributed by atoms with Gasteiger partial charge in [-0.25, -0.2) is 24.1 Å². The molecule has 3 amide bonds. The lowest BCUT2D eigenvalue weighted by Crippen LogP contribution is -2.44. The molecule has 10 N–H and O–H groups in total. The molecule has 0 saturated heterocycles. The number of ether oxygens (including phenoxy) is 1. The van der Waals surface area contributed by atoms with Gasteiger partial charge in [-0.3, -0.25) is 28.8 Å². The van der Waals surface area contributed by atoms with Crippen molar-refractivity contribution in [2.24, 2.45) is 5.92 Å². The van der Waals surface area contributed by atoms with E-state index in [9.17, 15) is 63.1 Å². The van der Waals surface area contributed by atoms with Crippen molar-refractivity contribution in [2.45, 2.75) is 43.8 Å². The quantitative estimate of drug-likeness (QED) is 0.0267. The van der Waals surface area contributed by atoms with Gasteiger partial charge in [-0.05, 0) is 54.0 Å². The summed E-state index contributed by atoms with van der Waals surface area (Å²) in [5.41, 5.74) is 1.69. The van der Waals surface area contributed by atoms with E-state index < -0.39 is 86.8 Å². The zero-order chi connectivity index (χ0) is 48.1. The molecule has 0 radical (unpaired) electrons. The average Bonchev–Trinajstić information content (AvgIpc) is 3.25. The molecule has 66 heavy (non-hydrogen) atoms. The second-order valence-electron chi connectivity index (χ2n) is 14.3. The number of aromatic carboxylic acids is 1. The Bertz CT molecular complexity index is 2500. The second kappa shape index (κ2) is 22.8. The molecule has 3 aromatic carbocycles. The number of amides is 3. The highest BCUT2D eigenvalue weighted by Gasteiger charge is 2.39. The number of carbonyl (C=O) groups is 8. The van der Waals surface area contributed by atoms with E-state index in [1.54, 1.807) is 29.4 Å². The summed E-state index contributed by atoms with van der Waals surface area (Å²) < 4.78 is 22.0. The molecule has 5 rings (SSSR count). The van der Waals surface area contributed by atoms with Crippen molar-refractivity contribution in [1.82, 2.24) is 15.7 Å². The molecule has 2 aliphatic rings. The Labute approximate surface area is 377 Å². The Morgan fingerprint density at radius 1 is 0.864 bits per heavy atom. The minimum Gasteiger partial charge on any atom is -0.508 e. The number of allylic oxidation sites excluding steroid dienone is 3. The number of aliphatic carboxylic acids is 3. The van der Waals surface area contributed by atoms with Crippen molar-refractivity contribution in [2.75, 3.05) is 23.4 Å². The molecule has 350 valence electrons. The molecule has 23 nitrogen and oxygen atoms in total. The fraction of sp³-hybridized carbons (Fsp3) is 0.268. The van der Waals surface area contributed by atoms with Gasteiger partial charge < -0.3 is 51.1 Å². The molecule has 3 aromatic rings. The SMILES string of the molecule is O=C1C=CC2C(=C1)Oc1cc(O)ccc1C2c1ccc(NC(=O)CSCCC(=O)NCc2ccc(C(=O)N[C@@H](COOOP(=O)(O)N[C@@H](CCC(=O)O)C(=O)O)C(=O)O)cc2)cc1C(=O)O. The summed E-state index contributed by atoms with van der Waals surface area (Å²) in [6, 6.07) is 11.0. The molecule has 3 unspecified atom stereocenters. The minimum absolute atomic E-state index is 0.00190. The number of fused-ring (bicyclic) bond motifs is 2. The standard InChI is InChI=1S/C41H41N4O19PS/c46-24-6-9-27-32(16-24)62-33-17-25(47)7-10-28(33)37(27)26-8-5-23(15-29(26)39(53)54)43-35(49)20-66-14-13-34(48)42-18-21-1-3-22(4-2-21)38(52)44-31(41(57)58)19-61-63-64-65(59,60)45-30(40(55)56)11-12-36(50)51/h1-10,15-17,27,30-31,37,47H,11-14,18-20H2,(H,42,48)(H,43,49)(H,44,52)(H,50,51)(H,53,54)(H,55,56)(H,57,58)(H2,45,59,60)/t27?,30-,31-,37?/m0/s1. The van der Waals surface area contributed by atoms with E-state index in [0.29, 0.717) is 22.4 Å². The first-order valence-electron chi connectivity index (χ1n) is 19.4. The molecule has 1 aliphatic heterocycles. The van der Waals surface area contributed by atoms with E-state index in [2.05, 4.69) is 30.6 Å². The fourth-order valence-corrected chi connectivity index (χ4v) is 8.02. The molecule has 1 aliphatic carbocycles. The van der Waals surface area contributed by atoms with Crippen LogP contribution in [-0.2, 0) is 54.5 Å². The van der Waals surface area contributed by atoms with Crippen molar-refractivity contribution < 1.29 is 92.7 Å². The van der Waals surface area contributed by atoms with Crippen LogP contribution in [0.3, 0.4) is 0 Å². The van der Waals surface area contributed by atoms with Gasteiger partial charge in [-0.15, -0.1) is 4.67 Å². The van der Waals surface area contributed by atoms with Crippen LogP contribution < -0.4 is 25.8 Å². The normalized spacial score (nSPS) is 16.7. The van der Waals surface area contributed by atoms with Crippen molar-refractivity contribution in [3.8, 4) is 11.5 Å². The average molecular weight is 957 g/mol. The zero-order valence-corrected chi connectivity index (χ0v) is 35.8. The topological polar surface area (TPSA) is 360 Å². The molecule has 0 aromatic heterocycles. The van der Waals surface area contributed by atoms with Crippen molar-refractivity contribution in [3.05, 3.63) is 112 Å². The second-order valence-corrected chi connectivity index (χ2v) is 16.9. The molecule has 0 spiro atoms. The number of nitrogens with one attached hydrogen (secondary N) is 4. The van der Waals surface area contributed by atoms with Gasteiger partial charge in [0, 0.05) is 65.9 Å². The predicted octanol–water partition coefficient (Wildman–Crippen LogP) is 2.70. The Morgan fingerprint density at radius 3 is 2.26 bits per heavy atom. The van der Waals surface area contributed by atoms with E-state index in [4.69, 9.17) is 14.9 Å². The number of benzene rings is 3. The molecule has 0 fully saturated rings. The number of phenolic OH excluding ortho intramolecular Hbond substituents is 1. The number of thioether (sulfide) groups is 1. The van der Waals surface area contributed by atoms with Crippen LogP contribution in [-0.4, -0.2) is 108 Å². The zero-order valence-electron chi connectivity index (χ0n) is 34.1. The Balaban J connectivity index is 1.03. The number of rotatable bonds is 24. The third-order valence-corrected chi connectivity index (χ3v) is 11.5. The summed E-state index contributed by atoms with van der Waals surface area (Å²) in [7, 11) is -5.06. The number of aromatic hydroxyl groups is 1. The third kappa shape index (κ3) is 14.3. The molecule has 1 heterocycles. The van der Waals surface area contributed by atoms with Gasteiger partial charge in [0.05, 0.1) is 11.3 Å². The number of anilines is 1. The number of phenols is 1. The smallest absolute Gasteiger partial charge is 0.433 e. The number of carboxylic acid groups (broad SMARTS) is 4. The number of ketones is 1. The highest BCUT2D eigenvalue weighted by atomic mass is 32.2. The molecular formula is C41H41N4O19PS. The van der Waals surface area contributed by atoms with Gasteiger partial charge in [0.15, 0.2) is 11.8 Å². The van der Waals surface area contributed by atoms with E-state index in [-0.39, 0.29) is 64.5 Å². The van der Waals surface area contributed by atoms with E-state index in [0.717, 1.165) is 11.8 Å². The van der Waals surface area contributed by atoms with Crippen LogP contribution >= 0.6 is 19.5 Å². The summed E-state index contributed by atoms with van der Waals surface area (Å²) in [5.74, 6) is -8.29. The van der Waals surface area contributed by atoms with Gasteiger partial charge in [0.25, 0.3) is 5.91 Å². The van der Waals surface area contributed by atoms with Crippen LogP contribution in [0.4, 0.5) is 5.69 Å². The Hall–Kier alpha value is -6.92. The predicted molar refractivity (Wildman–Crippen MR) is 227 cm³/mol. The molecule has 0 saturated carbocycles. The van der Waals surface area contributed by atoms with E-state index in [1.165, 1.54) is 54.6 Å². The van der Waals surface area contributed by atoms with Crippen LogP contribution in [0.25, 0.3) is 0 Å². The first-order valence-corrected chi connectivity index (χ1v) is 22.1. The van der Waals surface area contributed by atoms with E-state index >= 15 is 0 Å². The largest absolute Gasteiger partial charge is 0.508 e. The monoisotopic (exact) mass is 956 g/mol. The lowest BCUT2D eigenvalue weighted by Gasteiger charge is -2.35. The van der Waals surface area contributed by atoms with E-state index in [1.807, 2.05) is 0 Å². The maximum absolute atomic E-state index is 12.8. The number of hydrogen-bond acceptors (Lipinski definition) is 15. The van der Waals surface area contributed by atoms with Crippen molar-refractivity contribution in [3.63, 3.8) is 0 Å². The van der Waals surface area contributed by atoms with Gasteiger partial charge >= 0.3 is 31.6 Å². The lowest BCUT2D eigenvalue weighted by atomic mass is 9.74. The maximum Gasteiger partial charge on any atom is 0.433 e. The van der Waals surface area contributed by atoms with Gasteiger partial charge in [0.2, 0.25) is 11.8 Å². The van der Waals surface area contributed by atoms with Crippen molar-refractivity contribution in [1.29, 1.82) is 0 Å². The maximum atomic E-state index is 12.8. The van der Waals surface area contributed by atoms with Crippen LogP contribution in [0.5, 0.6) is 11.5 Å². The molecular weight excluding hydrogens is 916 g/mol. The van der Waals surface area contributed by atoms with Crippen LogP contribution in [0, 0.1) is 5.92 Å². The number of carbonyl (C=O) groups excluding carboxylic acids is 4. The first-order chi connectivity index (χ1) is 31.3. The molecule has 0 bridgehead atoms. The summed E-state index contributed by atoms with van der Waals surface area (Å²) in [4.78, 5) is 110. The van der Waals surface area contributed by atoms with Gasteiger partial charge in [-0.2, -0.15) is 11.8 Å². The lowest BCUT2D eigenvalue weighted by molar-refractivity contribution is -0.470. The van der Waals surface area contributed by atoms with Gasteiger partial charge in [0.1, 0.15) is 29.9 Å². The Kier molecular flexibility index (Phi) is 17.3. The highest BCUT2D eigenvalue weighted by Crippen LogP contribution is 2.49. The number of hydrogen-bond donors (Lipinski definition) is 10. The fourth-order valence-electron chi connectivity index (χ4n) is 6.49. The third-order valence-electron chi connectivity index (χ3n) is 9.60. The highest BCUT2D eigenvalue weighted by molar-refractivity contribution is 7.99. The van der Waals surface area contributed by atoms with Crippen LogP contribution in [0.15, 0.2) is 84.7 Å².